The number of halogens is 3. The Morgan fingerprint density at radius 1 is 1.27 bits per heavy atom. The Balaban J connectivity index is 2.81. The van der Waals surface area contributed by atoms with Crippen molar-refractivity contribution in [3.63, 3.8) is 0 Å². The molecule has 0 bridgehead atoms. The second kappa shape index (κ2) is 6.33. The van der Waals surface area contributed by atoms with Crippen molar-refractivity contribution in [3.8, 4) is 5.75 Å². The molecule has 0 amide bonds. The predicted octanol–water partition coefficient (Wildman–Crippen LogP) is 4.84. The molecule has 0 aliphatic carbocycles. The predicted molar refractivity (Wildman–Crippen MR) is 78.0 cm³/mol. The molecule has 0 fully saturated rings. The van der Waals surface area contributed by atoms with Crippen LogP contribution in [-0.2, 0) is 0 Å². The number of benzene rings is 1. The number of rotatable bonds is 4. The van der Waals surface area contributed by atoms with Crippen molar-refractivity contribution in [1.29, 1.82) is 0 Å². The molecule has 0 saturated heterocycles. The van der Waals surface area contributed by atoms with E-state index in [0.29, 0.717) is 12.4 Å². The number of hydrogen-bond acceptors (Lipinski definition) is 2. The lowest BCUT2D eigenvalue weighted by atomic mass is 10.3. The van der Waals surface area contributed by atoms with Crippen LogP contribution in [0.15, 0.2) is 37.7 Å². The summed E-state index contributed by atoms with van der Waals surface area (Å²) in [5.74, 6) is 1.41. The van der Waals surface area contributed by atoms with Gasteiger partial charge in [-0.1, -0.05) is 22.5 Å². The molecule has 0 heterocycles. The highest BCUT2D eigenvalue weighted by Gasteiger charge is 2.08. The van der Waals surface area contributed by atoms with Crippen molar-refractivity contribution >= 4 is 60.4 Å². The lowest BCUT2D eigenvalue weighted by molar-refractivity contribution is 0.349. The van der Waals surface area contributed by atoms with Gasteiger partial charge >= 0.3 is 0 Å². The van der Waals surface area contributed by atoms with Crippen molar-refractivity contribution in [1.82, 2.24) is 0 Å². The Kier molecular flexibility index (Phi) is 5.74. The molecule has 0 radical (unpaired) electrons. The standard InChI is InChI=1S/C10H9Br3OS/c1-6(5-15)4-14-10-8(12)2-7(11)3-9(10)13/h2-3,15H,1,4-5H2. The molecule has 0 N–H and O–H groups in total. The minimum atomic E-state index is 0.475. The van der Waals surface area contributed by atoms with Crippen molar-refractivity contribution in [2.24, 2.45) is 0 Å². The van der Waals surface area contributed by atoms with Crippen LogP contribution in [0.5, 0.6) is 5.75 Å². The van der Waals surface area contributed by atoms with Crippen LogP contribution in [0.4, 0.5) is 0 Å². The third-order valence-electron chi connectivity index (χ3n) is 1.61. The maximum atomic E-state index is 5.61. The summed E-state index contributed by atoms with van der Waals surface area (Å²) in [7, 11) is 0. The van der Waals surface area contributed by atoms with Gasteiger partial charge in [0, 0.05) is 10.2 Å². The second-order valence-electron chi connectivity index (χ2n) is 2.90. The molecule has 1 rings (SSSR count). The van der Waals surface area contributed by atoms with E-state index >= 15 is 0 Å². The summed E-state index contributed by atoms with van der Waals surface area (Å²) < 4.78 is 8.40. The topological polar surface area (TPSA) is 9.23 Å². The Hall–Kier alpha value is 0.550. The van der Waals surface area contributed by atoms with E-state index < -0.39 is 0 Å². The molecule has 15 heavy (non-hydrogen) atoms. The fraction of sp³-hybridized carbons (Fsp3) is 0.200. The first kappa shape index (κ1) is 13.6. The van der Waals surface area contributed by atoms with Gasteiger partial charge in [-0.05, 0) is 49.6 Å². The van der Waals surface area contributed by atoms with Gasteiger partial charge in [-0.15, -0.1) is 0 Å². The van der Waals surface area contributed by atoms with Crippen molar-refractivity contribution < 1.29 is 4.74 Å². The van der Waals surface area contributed by atoms with Gasteiger partial charge in [-0.2, -0.15) is 12.6 Å². The van der Waals surface area contributed by atoms with Crippen LogP contribution >= 0.6 is 60.4 Å². The van der Waals surface area contributed by atoms with Crippen LogP contribution in [0.3, 0.4) is 0 Å². The van der Waals surface area contributed by atoms with Crippen LogP contribution in [0.2, 0.25) is 0 Å². The number of hydrogen-bond donors (Lipinski definition) is 1. The van der Waals surface area contributed by atoms with Crippen molar-refractivity contribution in [3.05, 3.63) is 37.7 Å². The summed E-state index contributed by atoms with van der Waals surface area (Å²) in [5, 5.41) is 0. The average molecular weight is 417 g/mol. The van der Waals surface area contributed by atoms with E-state index in [9.17, 15) is 0 Å². The quantitative estimate of drug-likeness (QED) is 0.546. The largest absolute Gasteiger partial charge is 0.487 e. The first-order valence-corrected chi connectivity index (χ1v) is 7.10. The highest BCUT2D eigenvalue weighted by atomic mass is 79.9. The van der Waals surface area contributed by atoms with Gasteiger partial charge in [-0.3, -0.25) is 0 Å². The zero-order valence-corrected chi connectivity index (χ0v) is 13.4. The molecule has 0 atom stereocenters. The molecule has 0 spiro atoms. The first-order valence-electron chi connectivity index (χ1n) is 4.09. The number of ether oxygens (including phenoxy) is 1. The van der Waals surface area contributed by atoms with E-state index in [0.717, 1.165) is 24.7 Å². The summed E-state index contributed by atoms with van der Waals surface area (Å²) >= 11 is 14.4. The molecule has 0 aliphatic heterocycles. The molecule has 0 aromatic heterocycles. The lowest BCUT2D eigenvalue weighted by Crippen LogP contribution is -2.02. The van der Waals surface area contributed by atoms with Gasteiger partial charge in [0.25, 0.3) is 0 Å². The van der Waals surface area contributed by atoms with Crippen LogP contribution in [0.1, 0.15) is 0 Å². The van der Waals surface area contributed by atoms with Crippen LogP contribution in [0.25, 0.3) is 0 Å². The van der Waals surface area contributed by atoms with Gasteiger partial charge < -0.3 is 4.74 Å². The van der Waals surface area contributed by atoms with Gasteiger partial charge in [0.1, 0.15) is 12.4 Å². The Morgan fingerprint density at radius 3 is 2.27 bits per heavy atom. The van der Waals surface area contributed by atoms with E-state index in [1.165, 1.54) is 0 Å². The summed E-state index contributed by atoms with van der Waals surface area (Å²) in [5.41, 5.74) is 0.944. The van der Waals surface area contributed by atoms with Crippen LogP contribution < -0.4 is 4.74 Å². The van der Waals surface area contributed by atoms with Gasteiger partial charge in [0.15, 0.2) is 0 Å². The minimum Gasteiger partial charge on any atom is -0.487 e. The molecule has 5 heteroatoms. The number of thiol groups is 1. The zero-order chi connectivity index (χ0) is 11.4. The molecule has 1 aromatic rings. The van der Waals surface area contributed by atoms with E-state index in [4.69, 9.17) is 4.74 Å². The molecular formula is C10H9Br3OS. The van der Waals surface area contributed by atoms with Crippen molar-refractivity contribution in [2.75, 3.05) is 12.4 Å². The molecular weight excluding hydrogens is 408 g/mol. The second-order valence-corrected chi connectivity index (χ2v) is 5.84. The highest BCUT2D eigenvalue weighted by molar-refractivity contribution is 9.11. The normalized spacial score (nSPS) is 10.1. The van der Waals surface area contributed by atoms with Gasteiger partial charge in [-0.25, -0.2) is 0 Å². The minimum absolute atomic E-state index is 0.475. The molecule has 1 nitrogen and oxygen atoms in total. The van der Waals surface area contributed by atoms with Gasteiger partial charge in [0.05, 0.1) is 8.95 Å². The maximum Gasteiger partial charge on any atom is 0.148 e. The molecule has 82 valence electrons. The Morgan fingerprint density at radius 2 is 1.80 bits per heavy atom. The van der Waals surface area contributed by atoms with E-state index in [1.807, 2.05) is 12.1 Å². The SMILES string of the molecule is C=C(CS)COc1c(Br)cc(Br)cc1Br. The average Bonchev–Trinajstić information content (AvgIpc) is 2.15. The van der Waals surface area contributed by atoms with E-state index in [1.54, 1.807) is 0 Å². The lowest BCUT2D eigenvalue weighted by Gasteiger charge is -2.11. The van der Waals surface area contributed by atoms with E-state index in [-0.39, 0.29) is 0 Å². The molecule has 0 unspecified atom stereocenters. The fourth-order valence-corrected chi connectivity index (χ4v) is 3.47. The summed E-state index contributed by atoms with van der Waals surface area (Å²) in [6.45, 7) is 4.30. The third kappa shape index (κ3) is 4.13. The Bertz CT molecular complexity index is 356. The molecule has 1 aromatic carbocycles. The maximum absolute atomic E-state index is 5.61. The summed E-state index contributed by atoms with van der Waals surface area (Å²) in [6.07, 6.45) is 0. The van der Waals surface area contributed by atoms with Gasteiger partial charge in [0.2, 0.25) is 0 Å². The summed E-state index contributed by atoms with van der Waals surface area (Å²) in [6, 6.07) is 3.87. The fourth-order valence-electron chi connectivity index (χ4n) is 0.887. The van der Waals surface area contributed by atoms with Crippen LogP contribution in [-0.4, -0.2) is 12.4 Å². The monoisotopic (exact) mass is 414 g/mol. The Labute approximate surface area is 120 Å². The van der Waals surface area contributed by atoms with Crippen LogP contribution in [0, 0.1) is 0 Å². The van der Waals surface area contributed by atoms with E-state index in [2.05, 4.69) is 67.0 Å². The molecule has 0 aliphatic rings. The first-order chi connectivity index (χ1) is 7.04. The highest BCUT2D eigenvalue weighted by Crippen LogP contribution is 2.36. The van der Waals surface area contributed by atoms with Crippen molar-refractivity contribution in [2.45, 2.75) is 0 Å². The third-order valence-corrected chi connectivity index (χ3v) is 3.69. The summed E-state index contributed by atoms with van der Waals surface area (Å²) in [4.78, 5) is 0. The smallest absolute Gasteiger partial charge is 0.148 e. The molecule has 0 saturated carbocycles. The zero-order valence-electron chi connectivity index (χ0n) is 7.77.